The molecule has 1 atom stereocenters. The van der Waals surface area contributed by atoms with Crippen molar-refractivity contribution in [3.8, 4) is 0 Å². The molecular formula is C15H21NO4. The van der Waals surface area contributed by atoms with Crippen LogP contribution in [-0.2, 0) is 19.8 Å². The molecule has 0 heterocycles. The van der Waals surface area contributed by atoms with Crippen molar-refractivity contribution >= 4 is 12.1 Å². The number of rotatable bonds is 3. The molecule has 0 saturated heterocycles. The van der Waals surface area contributed by atoms with Gasteiger partial charge in [0.1, 0.15) is 5.60 Å². The van der Waals surface area contributed by atoms with Crippen molar-refractivity contribution in [2.24, 2.45) is 0 Å². The third-order valence-electron chi connectivity index (χ3n) is 2.70. The van der Waals surface area contributed by atoms with Gasteiger partial charge in [0.2, 0.25) is 0 Å². The molecule has 1 N–H and O–H groups in total. The lowest BCUT2D eigenvalue weighted by Gasteiger charge is -2.30. The van der Waals surface area contributed by atoms with E-state index in [2.05, 4.69) is 5.32 Å². The average Bonchev–Trinajstić information content (AvgIpc) is 2.36. The van der Waals surface area contributed by atoms with Gasteiger partial charge in [0.15, 0.2) is 5.54 Å². The van der Waals surface area contributed by atoms with Crippen LogP contribution in [0.15, 0.2) is 30.3 Å². The van der Waals surface area contributed by atoms with Crippen LogP contribution in [0.2, 0.25) is 0 Å². The van der Waals surface area contributed by atoms with Crippen molar-refractivity contribution in [3.05, 3.63) is 35.9 Å². The summed E-state index contributed by atoms with van der Waals surface area (Å²) in [6, 6.07) is 8.89. The molecule has 0 fully saturated rings. The van der Waals surface area contributed by atoms with Gasteiger partial charge in [0.25, 0.3) is 0 Å². The summed E-state index contributed by atoms with van der Waals surface area (Å²) in [5.74, 6) is -0.561. The predicted octanol–water partition coefficient (Wildman–Crippen LogP) is 2.60. The zero-order valence-electron chi connectivity index (χ0n) is 12.5. The van der Waals surface area contributed by atoms with E-state index in [1.54, 1.807) is 52.0 Å². The molecule has 5 nitrogen and oxygen atoms in total. The summed E-state index contributed by atoms with van der Waals surface area (Å²) in [7, 11) is 1.28. The van der Waals surface area contributed by atoms with Gasteiger partial charge in [-0.25, -0.2) is 9.59 Å². The number of ether oxygens (including phenoxy) is 2. The van der Waals surface area contributed by atoms with Gasteiger partial charge in [-0.1, -0.05) is 30.3 Å². The third-order valence-corrected chi connectivity index (χ3v) is 2.70. The number of benzene rings is 1. The van der Waals surface area contributed by atoms with Crippen LogP contribution >= 0.6 is 0 Å². The van der Waals surface area contributed by atoms with Gasteiger partial charge in [-0.3, -0.25) is 0 Å². The fraction of sp³-hybridized carbons (Fsp3) is 0.467. The summed E-state index contributed by atoms with van der Waals surface area (Å²) < 4.78 is 9.98. The molecule has 1 rings (SSSR count). The van der Waals surface area contributed by atoms with Crippen molar-refractivity contribution in [1.82, 2.24) is 5.32 Å². The molecule has 0 bridgehead atoms. The van der Waals surface area contributed by atoms with Crippen LogP contribution in [0.1, 0.15) is 33.3 Å². The summed E-state index contributed by atoms with van der Waals surface area (Å²) in [6.45, 7) is 6.85. The van der Waals surface area contributed by atoms with E-state index in [0.29, 0.717) is 5.56 Å². The lowest BCUT2D eigenvalue weighted by Crippen LogP contribution is -2.51. The first-order valence-corrected chi connectivity index (χ1v) is 6.34. The van der Waals surface area contributed by atoms with Crippen LogP contribution < -0.4 is 5.32 Å². The standard InChI is InChI=1S/C15H21NO4/c1-14(2,3)20-13(18)16-15(4,12(17)19-5)11-9-7-6-8-10-11/h6-10H,1-5H3,(H,16,18)/t15-/m1/s1. The maximum Gasteiger partial charge on any atom is 0.408 e. The SMILES string of the molecule is COC(=O)[C@](C)(NC(=O)OC(C)(C)C)c1ccccc1. The van der Waals surface area contributed by atoms with Crippen molar-refractivity contribution in [1.29, 1.82) is 0 Å². The summed E-state index contributed by atoms with van der Waals surface area (Å²) in [5.41, 5.74) is -1.31. The highest BCUT2D eigenvalue weighted by molar-refractivity contribution is 5.86. The Labute approximate surface area is 119 Å². The molecule has 0 aliphatic rings. The Kier molecular flexibility index (Phi) is 4.76. The third kappa shape index (κ3) is 3.98. The molecule has 1 amide bonds. The van der Waals surface area contributed by atoms with Crippen LogP contribution in [0.25, 0.3) is 0 Å². The number of esters is 1. The first kappa shape index (κ1) is 16.0. The first-order valence-electron chi connectivity index (χ1n) is 6.34. The van der Waals surface area contributed by atoms with E-state index >= 15 is 0 Å². The Hall–Kier alpha value is -2.04. The minimum atomic E-state index is -1.29. The normalized spacial score (nSPS) is 14.1. The Balaban J connectivity index is 3.02. The van der Waals surface area contributed by atoms with E-state index in [0.717, 1.165) is 0 Å². The number of amides is 1. The number of carbonyl (C=O) groups excluding carboxylic acids is 2. The Morgan fingerprint density at radius 1 is 1.05 bits per heavy atom. The molecule has 0 spiro atoms. The van der Waals surface area contributed by atoms with Crippen LogP contribution in [0.5, 0.6) is 0 Å². The van der Waals surface area contributed by atoms with Gasteiger partial charge in [0.05, 0.1) is 7.11 Å². The zero-order chi connectivity index (χ0) is 15.4. The van der Waals surface area contributed by atoms with Gasteiger partial charge in [-0.05, 0) is 33.3 Å². The Morgan fingerprint density at radius 3 is 2.05 bits per heavy atom. The highest BCUT2D eigenvalue weighted by Crippen LogP contribution is 2.23. The molecule has 0 aliphatic carbocycles. The number of hydrogen-bond donors (Lipinski definition) is 1. The quantitative estimate of drug-likeness (QED) is 0.864. The number of hydrogen-bond acceptors (Lipinski definition) is 4. The monoisotopic (exact) mass is 279 g/mol. The number of alkyl carbamates (subject to hydrolysis) is 1. The second-order valence-corrected chi connectivity index (χ2v) is 5.61. The molecule has 0 radical (unpaired) electrons. The number of nitrogens with one attached hydrogen (secondary N) is 1. The molecule has 110 valence electrons. The van der Waals surface area contributed by atoms with Crippen molar-refractivity contribution in [3.63, 3.8) is 0 Å². The van der Waals surface area contributed by atoms with E-state index in [9.17, 15) is 9.59 Å². The topological polar surface area (TPSA) is 64.6 Å². The maximum absolute atomic E-state index is 12.0. The number of carbonyl (C=O) groups is 2. The van der Waals surface area contributed by atoms with Crippen molar-refractivity contribution in [2.45, 2.75) is 38.8 Å². The van der Waals surface area contributed by atoms with E-state index < -0.39 is 23.2 Å². The Morgan fingerprint density at radius 2 is 1.60 bits per heavy atom. The lowest BCUT2D eigenvalue weighted by molar-refractivity contribution is -0.148. The van der Waals surface area contributed by atoms with Crippen LogP contribution in [0.4, 0.5) is 4.79 Å². The summed E-state index contributed by atoms with van der Waals surface area (Å²) >= 11 is 0. The van der Waals surface area contributed by atoms with Crippen molar-refractivity contribution in [2.75, 3.05) is 7.11 Å². The number of methoxy groups -OCH3 is 1. The van der Waals surface area contributed by atoms with Gasteiger partial charge in [0, 0.05) is 0 Å². The van der Waals surface area contributed by atoms with Crippen LogP contribution in [0.3, 0.4) is 0 Å². The minimum Gasteiger partial charge on any atom is -0.467 e. The van der Waals surface area contributed by atoms with Gasteiger partial charge in [-0.2, -0.15) is 0 Å². The van der Waals surface area contributed by atoms with E-state index in [1.165, 1.54) is 7.11 Å². The highest BCUT2D eigenvalue weighted by Gasteiger charge is 2.39. The summed E-state index contributed by atoms with van der Waals surface area (Å²) in [6.07, 6.45) is -0.672. The highest BCUT2D eigenvalue weighted by atomic mass is 16.6. The van der Waals surface area contributed by atoms with E-state index in [1.807, 2.05) is 6.07 Å². The summed E-state index contributed by atoms with van der Waals surface area (Å²) in [5, 5.41) is 2.58. The van der Waals surface area contributed by atoms with Crippen LogP contribution in [0, 0.1) is 0 Å². The molecule has 5 heteroatoms. The Bertz CT molecular complexity index is 478. The molecule has 1 aromatic carbocycles. The van der Waals surface area contributed by atoms with Gasteiger partial charge in [-0.15, -0.1) is 0 Å². The first-order chi connectivity index (χ1) is 9.19. The second kappa shape index (κ2) is 5.94. The molecule has 20 heavy (non-hydrogen) atoms. The average molecular weight is 279 g/mol. The van der Waals surface area contributed by atoms with E-state index in [-0.39, 0.29) is 0 Å². The van der Waals surface area contributed by atoms with Crippen LogP contribution in [-0.4, -0.2) is 24.8 Å². The second-order valence-electron chi connectivity index (χ2n) is 5.61. The maximum atomic E-state index is 12.0. The predicted molar refractivity (Wildman–Crippen MR) is 75.2 cm³/mol. The lowest BCUT2D eigenvalue weighted by atomic mass is 9.92. The molecular weight excluding hydrogens is 258 g/mol. The fourth-order valence-corrected chi connectivity index (χ4v) is 1.72. The van der Waals surface area contributed by atoms with E-state index in [4.69, 9.17) is 9.47 Å². The van der Waals surface area contributed by atoms with Gasteiger partial charge < -0.3 is 14.8 Å². The molecule has 0 unspecified atom stereocenters. The molecule has 1 aromatic rings. The molecule has 0 saturated carbocycles. The van der Waals surface area contributed by atoms with Crippen molar-refractivity contribution < 1.29 is 19.1 Å². The largest absolute Gasteiger partial charge is 0.467 e. The summed E-state index contributed by atoms with van der Waals surface area (Å²) in [4.78, 5) is 24.0. The van der Waals surface area contributed by atoms with Gasteiger partial charge >= 0.3 is 12.1 Å². The fourth-order valence-electron chi connectivity index (χ4n) is 1.72. The smallest absolute Gasteiger partial charge is 0.408 e. The minimum absolute atomic E-state index is 0.561. The zero-order valence-corrected chi connectivity index (χ0v) is 12.5. The molecule has 0 aromatic heterocycles. The molecule has 0 aliphatic heterocycles.